The minimum Gasteiger partial charge on any atom is -0.325 e. The summed E-state index contributed by atoms with van der Waals surface area (Å²) in [5.74, 6) is -0.207. The van der Waals surface area contributed by atoms with Gasteiger partial charge in [0.1, 0.15) is 5.82 Å². The van der Waals surface area contributed by atoms with E-state index in [4.69, 9.17) is 0 Å². The van der Waals surface area contributed by atoms with E-state index in [0.29, 0.717) is 6.42 Å². The third kappa shape index (κ3) is 2.98. The fraction of sp³-hybridized carbons (Fsp3) is 0.190. The largest absolute Gasteiger partial charge is 0.325 e. The Labute approximate surface area is 150 Å². The summed E-state index contributed by atoms with van der Waals surface area (Å²) < 4.78 is 13.6. The molecule has 0 radical (unpaired) electrons. The first-order valence-electron chi connectivity index (χ1n) is 8.41. The number of nitrogens with one attached hydrogen (secondary N) is 1. The van der Waals surface area contributed by atoms with Gasteiger partial charge >= 0.3 is 0 Å². The van der Waals surface area contributed by atoms with E-state index in [1.165, 1.54) is 17.7 Å². The molecule has 0 fully saturated rings. The van der Waals surface area contributed by atoms with Crippen molar-refractivity contribution in [2.45, 2.75) is 25.7 Å². The molecule has 2 aromatic carbocycles. The van der Waals surface area contributed by atoms with Gasteiger partial charge in [0.25, 0.3) is 0 Å². The molecule has 0 aliphatic carbocycles. The molecule has 0 spiro atoms. The highest BCUT2D eigenvalue weighted by atomic mass is 32.1. The molecule has 1 N–H and O–H groups in total. The number of carbonyl (C=O) groups is 1. The van der Waals surface area contributed by atoms with Crippen LogP contribution in [0.1, 0.15) is 35.3 Å². The molecule has 3 aromatic rings. The van der Waals surface area contributed by atoms with Crippen molar-refractivity contribution in [2.75, 3.05) is 5.32 Å². The summed E-state index contributed by atoms with van der Waals surface area (Å²) in [5.41, 5.74) is 4.95. The van der Waals surface area contributed by atoms with Crippen molar-refractivity contribution >= 4 is 22.9 Å². The van der Waals surface area contributed by atoms with Gasteiger partial charge in [-0.25, -0.2) is 4.39 Å². The Hall–Kier alpha value is -2.46. The first-order valence-corrected chi connectivity index (χ1v) is 9.29. The van der Waals surface area contributed by atoms with E-state index in [1.54, 1.807) is 17.4 Å². The van der Waals surface area contributed by atoms with Crippen molar-refractivity contribution in [3.8, 4) is 11.1 Å². The first-order chi connectivity index (χ1) is 12.2. The number of hydrogen-bond donors (Lipinski definition) is 1. The van der Waals surface area contributed by atoms with Gasteiger partial charge in [0, 0.05) is 28.2 Å². The molecule has 4 rings (SSSR count). The summed E-state index contributed by atoms with van der Waals surface area (Å²) in [7, 11) is 0. The zero-order valence-electron chi connectivity index (χ0n) is 13.9. The summed E-state index contributed by atoms with van der Waals surface area (Å²) >= 11 is 1.63. The number of rotatable bonds is 3. The van der Waals surface area contributed by atoms with Crippen LogP contribution in [0.3, 0.4) is 0 Å². The molecule has 4 heteroatoms. The van der Waals surface area contributed by atoms with Gasteiger partial charge in [-0.2, -0.15) is 0 Å². The third-order valence-electron chi connectivity index (χ3n) is 4.72. The van der Waals surface area contributed by atoms with Crippen LogP contribution < -0.4 is 5.32 Å². The molecular weight excluding hydrogens is 333 g/mol. The molecule has 1 aliphatic heterocycles. The van der Waals surface area contributed by atoms with Gasteiger partial charge in [-0.1, -0.05) is 43.3 Å². The molecule has 1 aliphatic rings. The smallest absolute Gasteiger partial charge is 0.225 e. The van der Waals surface area contributed by atoms with Gasteiger partial charge in [0.2, 0.25) is 5.91 Å². The van der Waals surface area contributed by atoms with Crippen LogP contribution in [0.15, 0.2) is 53.9 Å². The van der Waals surface area contributed by atoms with Crippen molar-refractivity contribution < 1.29 is 9.18 Å². The number of aryl methyl sites for hydroxylation is 1. The topological polar surface area (TPSA) is 29.1 Å². The Balaban J connectivity index is 1.78. The summed E-state index contributed by atoms with van der Waals surface area (Å²) in [6, 6.07) is 15.0. The number of anilines is 1. The predicted octanol–water partition coefficient (Wildman–Crippen LogP) is 5.59. The van der Waals surface area contributed by atoms with Crippen LogP contribution in [-0.4, -0.2) is 5.91 Å². The Morgan fingerprint density at radius 3 is 2.72 bits per heavy atom. The van der Waals surface area contributed by atoms with Crippen molar-refractivity contribution in [2.24, 2.45) is 0 Å². The van der Waals surface area contributed by atoms with E-state index < -0.39 is 0 Å². The van der Waals surface area contributed by atoms with Gasteiger partial charge in [0.15, 0.2) is 0 Å². The van der Waals surface area contributed by atoms with Crippen LogP contribution in [0.25, 0.3) is 11.1 Å². The lowest BCUT2D eigenvalue weighted by Gasteiger charge is -2.24. The predicted molar refractivity (Wildman–Crippen MR) is 101 cm³/mol. The molecule has 2 nitrogen and oxygen atoms in total. The highest BCUT2D eigenvalue weighted by Gasteiger charge is 2.30. The molecule has 1 aromatic heterocycles. The molecular formula is C21H18FNOS. The molecule has 1 atom stereocenters. The Morgan fingerprint density at radius 2 is 2.00 bits per heavy atom. The summed E-state index contributed by atoms with van der Waals surface area (Å²) in [6.07, 6.45) is 1.45. The summed E-state index contributed by atoms with van der Waals surface area (Å²) in [6.45, 7) is 2.13. The number of hydrogen-bond acceptors (Lipinski definition) is 2. The van der Waals surface area contributed by atoms with Crippen molar-refractivity contribution in [1.82, 2.24) is 0 Å². The van der Waals surface area contributed by atoms with Crippen LogP contribution in [0.4, 0.5) is 10.1 Å². The molecule has 2 heterocycles. The van der Waals surface area contributed by atoms with Crippen molar-refractivity contribution in [3.05, 3.63) is 75.7 Å². The molecule has 0 bridgehead atoms. The molecule has 0 saturated heterocycles. The van der Waals surface area contributed by atoms with Gasteiger partial charge in [0.05, 0.1) is 5.69 Å². The zero-order valence-corrected chi connectivity index (χ0v) is 14.7. The minimum atomic E-state index is -0.272. The average molecular weight is 351 g/mol. The SMILES string of the molecule is CCc1ccc(C2CC(=O)Nc3c(-c4cccc(F)c4)csc32)cc1. The Morgan fingerprint density at radius 1 is 1.20 bits per heavy atom. The number of thiophene rings is 1. The van der Waals surface area contributed by atoms with Gasteiger partial charge in [-0.3, -0.25) is 4.79 Å². The maximum absolute atomic E-state index is 13.6. The second kappa shape index (κ2) is 6.45. The number of benzene rings is 2. The number of carbonyl (C=O) groups excluding carboxylic acids is 1. The molecule has 1 amide bonds. The minimum absolute atomic E-state index is 0.00752. The van der Waals surface area contributed by atoms with E-state index in [2.05, 4.69) is 36.5 Å². The first kappa shape index (κ1) is 16.0. The zero-order chi connectivity index (χ0) is 17.4. The van der Waals surface area contributed by atoms with E-state index in [0.717, 1.165) is 33.7 Å². The molecule has 0 saturated carbocycles. The number of fused-ring (bicyclic) bond motifs is 1. The van der Waals surface area contributed by atoms with Crippen LogP contribution >= 0.6 is 11.3 Å². The lowest BCUT2D eigenvalue weighted by Crippen LogP contribution is -2.22. The normalized spacial score (nSPS) is 16.4. The van der Waals surface area contributed by atoms with Crippen molar-refractivity contribution in [3.63, 3.8) is 0 Å². The standard InChI is InChI=1S/C21H18FNOS/c1-2-13-6-8-14(9-7-13)17-11-19(24)23-20-18(12-25-21(17)20)15-4-3-5-16(22)10-15/h3-10,12,17H,2,11H2,1H3,(H,23,24). The lowest BCUT2D eigenvalue weighted by molar-refractivity contribution is -0.116. The fourth-order valence-electron chi connectivity index (χ4n) is 3.35. The maximum atomic E-state index is 13.6. The van der Waals surface area contributed by atoms with Crippen LogP contribution in [-0.2, 0) is 11.2 Å². The maximum Gasteiger partial charge on any atom is 0.225 e. The van der Waals surface area contributed by atoms with Gasteiger partial charge < -0.3 is 5.32 Å². The highest BCUT2D eigenvalue weighted by molar-refractivity contribution is 7.11. The summed E-state index contributed by atoms with van der Waals surface area (Å²) in [5, 5.41) is 5.01. The van der Waals surface area contributed by atoms with Crippen LogP contribution in [0.2, 0.25) is 0 Å². The van der Waals surface area contributed by atoms with E-state index in [-0.39, 0.29) is 17.6 Å². The average Bonchev–Trinajstić information content (AvgIpc) is 3.05. The van der Waals surface area contributed by atoms with Gasteiger partial charge in [-0.05, 0) is 35.2 Å². The van der Waals surface area contributed by atoms with E-state index in [1.807, 2.05) is 11.4 Å². The quantitative estimate of drug-likeness (QED) is 0.655. The molecule has 126 valence electrons. The summed E-state index contributed by atoms with van der Waals surface area (Å²) in [4.78, 5) is 13.4. The number of amides is 1. The fourth-order valence-corrected chi connectivity index (χ4v) is 4.51. The van der Waals surface area contributed by atoms with Crippen molar-refractivity contribution in [1.29, 1.82) is 0 Å². The van der Waals surface area contributed by atoms with E-state index >= 15 is 0 Å². The second-order valence-corrected chi connectivity index (χ2v) is 7.21. The molecule has 1 unspecified atom stereocenters. The second-order valence-electron chi connectivity index (χ2n) is 6.30. The number of halogens is 1. The van der Waals surface area contributed by atoms with E-state index in [9.17, 15) is 9.18 Å². The third-order valence-corrected chi connectivity index (χ3v) is 5.81. The van der Waals surface area contributed by atoms with Crippen LogP contribution in [0.5, 0.6) is 0 Å². The Bertz CT molecular complexity index is 929. The Kier molecular flexibility index (Phi) is 4.14. The lowest BCUT2D eigenvalue weighted by atomic mass is 9.88. The van der Waals surface area contributed by atoms with Gasteiger partial charge in [-0.15, -0.1) is 11.3 Å². The van der Waals surface area contributed by atoms with Crippen LogP contribution in [0, 0.1) is 5.82 Å². The highest BCUT2D eigenvalue weighted by Crippen LogP contribution is 2.46. The molecule has 25 heavy (non-hydrogen) atoms. The monoisotopic (exact) mass is 351 g/mol.